The maximum Gasteiger partial charge on any atom is 0.438 e. The largest absolute Gasteiger partial charge is 0.438 e. The predicted octanol–water partition coefficient (Wildman–Crippen LogP) is 1.51. The molecule has 1 unspecified atom stereocenters. The first-order valence-electron chi connectivity index (χ1n) is 13.8. The fraction of sp³-hybridized carbons (Fsp3) is 0.444. The van der Waals surface area contributed by atoms with Gasteiger partial charge in [-0.1, -0.05) is 72.8 Å². The highest BCUT2D eigenvalue weighted by molar-refractivity contribution is 7.85. The monoisotopic (exact) mass is 702 g/mol. The first-order chi connectivity index (χ1) is 22.5. The summed E-state index contributed by atoms with van der Waals surface area (Å²) in [6, 6.07) is 5.08. The molecule has 0 saturated heterocycles. The van der Waals surface area contributed by atoms with Gasteiger partial charge in [-0.2, -0.15) is 34.8 Å². The number of carbonyl (C=O) groups excluding carboxylic acids is 3. The Morgan fingerprint density at radius 3 is 1.49 bits per heavy atom. The molecular formula is C27H22B6F6O9S. The highest BCUT2D eigenvalue weighted by Gasteiger charge is 2.77. The second kappa shape index (κ2) is 15.7. The zero-order valence-corrected chi connectivity index (χ0v) is 26.4. The lowest BCUT2D eigenvalue weighted by Crippen LogP contribution is -2.65. The number of benzene rings is 2. The minimum Gasteiger partial charge on any atom is -0.437 e. The summed E-state index contributed by atoms with van der Waals surface area (Å²) in [5.74, 6) is -11.7. The molecule has 0 aliphatic heterocycles. The van der Waals surface area contributed by atoms with Gasteiger partial charge in [0.05, 0.1) is 47.1 Å². The van der Waals surface area contributed by atoms with Crippen molar-refractivity contribution >= 4 is 75.1 Å². The van der Waals surface area contributed by atoms with Crippen LogP contribution in [0, 0.1) is 5.41 Å². The highest BCUT2D eigenvalue weighted by atomic mass is 32.2. The number of hydrogen-bond donors (Lipinski definition) is 1. The average molecular weight is 701 g/mol. The third kappa shape index (κ3) is 8.91. The van der Waals surface area contributed by atoms with Gasteiger partial charge in [0.25, 0.3) is 15.5 Å². The number of alkyl halides is 6. The molecule has 0 amide bonds. The van der Waals surface area contributed by atoms with Crippen LogP contribution in [0.5, 0.6) is 11.5 Å². The van der Waals surface area contributed by atoms with E-state index in [0.717, 1.165) is 6.07 Å². The van der Waals surface area contributed by atoms with Crippen molar-refractivity contribution in [3.63, 3.8) is 0 Å². The van der Waals surface area contributed by atoms with Gasteiger partial charge in [0, 0.05) is 0 Å². The summed E-state index contributed by atoms with van der Waals surface area (Å²) in [6.45, 7) is 0.197. The van der Waals surface area contributed by atoms with E-state index in [0.29, 0.717) is 5.56 Å². The first kappa shape index (κ1) is 41.9. The quantitative estimate of drug-likeness (QED) is 0.0778. The normalized spacial score (nSPS) is 13.7. The summed E-state index contributed by atoms with van der Waals surface area (Å²) in [4.78, 5) is 41.0. The van der Waals surface area contributed by atoms with Crippen molar-refractivity contribution < 1.29 is 67.9 Å². The van der Waals surface area contributed by atoms with E-state index in [4.69, 9.17) is 61.1 Å². The Labute approximate surface area is 285 Å². The average Bonchev–Trinajstić information content (AvgIpc) is 3.01. The van der Waals surface area contributed by atoms with E-state index in [1.165, 1.54) is 18.2 Å². The molecule has 0 aliphatic carbocycles. The minimum atomic E-state index is -6.82. The van der Waals surface area contributed by atoms with Crippen LogP contribution in [-0.2, 0) is 67.2 Å². The topological polar surface area (TPSA) is 133 Å². The molecule has 0 spiro atoms. The zero-order valence-electron chi connectivity index (χ0n) is 25.6. The van der Waals surface area contributed by atoms with Crippen LogP contribution < -0.4 is 9.47 Å². The SMILES string of the molecule is [B]Cc1cc(C[B])c(OC(=O)C(C)(C(=O)Oc2cc(C[B])cc(C[B])c2C[B])C(=O)OC(CS(=O)(=O)O)(C(F)(F)F)C(F)(F)F)c(C[B])c1. The number of halogens is 6. The molecule has 250 valence electrons. The Balaban J connectivity index is 2.91. The van der Waals surface area contributed by atoms with E-state index < -0.39 is 87.6 Å². The summed E-state index contributed by atoms with van der Waals surface area (Å²) in [5.41, 5.74) is -9.28. The fourth-order valence-electron chi connectivity index (χ4n) is 4.40. The van der Waals surface area contributed by atoms with E-state index >= 15 is 0 Å². The molecule has 0 aromatic heterocycles. The molecule has 0 aliphatic rings. The molecule has 9 nitrogen and oxygen atoms in total. The van der Waals surface area contributed by atoms with Crippen LogP contribution in [0.2, 0.25) is 0 Å². The van der Waals surface area contributed by atoms with Crippen molar-refractivity contribution in [3.8, 4) is 11.5 Å². The van der Waals surface area contributed by atoms with Gasteiger partial charge in [0.2, 0.25) is 0 Å². The highest BCUT2D eigenvalue weighted by Crippen LogP contribution is 2.48. The number of esters is 3. The van der Waals surface area contributed by atoms with Gasteiger partial charge in [0.15, 0.2) is 0 Å². The van der Waals surface area contributed by atoms with Crippen LogP contribution in [0.4, 0.5) is 26.3 Å². The summed E-state index contributed by atoms with van der Waals surface area (Å²) in [5, 5.41) is 0. The van der Waals surface area contributed by atoms with Crippen molar-refractivity contribution in [2.45, 2.75) is 62.8 Å². The smallest absolute Gasteiger partial charge is 0.437 e. The Bertz CT molecular complexity index is 1650. The van der Waals surface area contributed by atoms with E-state index in [1.807, 2.05) is 0 Å². The summed E-state index contributed by atoms with van der Waals surface area (Å²) < 4.78 is 131. The molecule has 12 radical (unpaired) electrons. The van der Waals surface area contributed by atoms with E-state index in [9.17, 15) is 49.1 Å². The summed E-state index contributed by atoms with van der Waals surface area (Å²) >= 11 is 0. The third-order valence-corrected chi connectivity index (χ3v) is 7.96. The molecule has 1 atom stereocenters. The standard InChI is InChI=1S/C27H22B6F6O9S/c1-24(21(40)46-19-5-14(7-29)2-15(8-30)18(19)11-33,22(41)47-20-16(9-31)3-13(6-28)4-17(20)10-32)23(42)48-25(26(34,35)36,27(37,38)39)12-49(43,44)45/h2-5H,6-12H2,1H3,(H,43,44,45). The molecule has 0 heterocycles. The Kier molecular flexibility index (Phi) is 13.5. The van der Waals surface area contributed by atoms with Crippen LogP contribution in [0.1, 0.15) is 40.3 Å². The second-order valence-electron chi connectivity index (χ2n) is 10.5. The fourth-order valence-corrected chi connectivity index (χ4v) is 5.30. The van der Waals surface area contributed by atoms with Gasteiger partial charge in [-0.3, -0.25) is 9.35 Å². The molecule has 0 bridgehead atoms. The molecule has 2 rings (SSSR count). The van der Waals surface area contributed by atoms with Gasteiger partial charge in [-0.05, 0) is 29.7 Å². The molecule has 22 heteroatoms. The van der Waals surface area contributed by atoms with Crippen molar-refractivity contribution in [1.82, 2.24) is 0 Å². The van der Waals surface area contributed by atoms with Crippen LogP contribution >= 0.6 is 0 Å². The number of hydrogen-bond acceptors (Lipinski definition) is 8. The van der Waals surface area contributed by atoms with E-state index in [1.54, 1.807) is 0 Å². The Morgan fingerprint density at radius 1 is 0.673 bits per heavy atom. The lowest BCUT2D eigenvalue weighted by molar-refractivity contribution is -0.362. The predicted molar refractivity (Wildman–Crippen MR) is 166 cm³/mol. The third-order valence-electron chi connectivity index (χ3n) is 7.19. The maximum absolute atomic E-state index is 14.1. The summed E-state index contributed by atoms with van der Waals surface area (Å²) in [6.07, 6.45) is -15.5. The van der Waals surface area contributed by atoms with Gasteiger partial charge in [0.1, 0.15) is 17.3 Å². The van der Waals surface area contributed by atoms with E-state index in [-0.39, 0.29) is 53.7 Å². The maximum atomic E-state index is 14.1. The number of ether oxygens (including phenoxy) is 3. The molecule has 49 heavy (non-hydrogen) atoms. The van der Waals surface area contributed by atoms with Gasteiger partial charge in [-0.25, -0.2) is 9.59 Å². The molecule has 2 aromatic rings. The van der Waals surface area contributed by atoms with Gasteiger partial charge < -0.3 is 14.2 Å². The molecule has 2 aromatic carbocycles. The molecule has 0 saturated carbocycles. The van der Waals surface area contributed by atoms with Crippen molar-refractivity contribution in [3.05, 3.63) is 57.6 Å². The van der Waals surface area contributed by atoms with Crippen LogP contribution in [0.3, 0.4) is 0 Å². The van der Waals surface area contributed by atoms with E-state index in [2.05, 4.69) is 4.74 Å². The van der Waals surface area contributed by atoms with Crippen LogP contribution in [-0.4, -0.2) is 102 Å². The molecular weight excluding hydrogens is 679 g/mol. The Morgan fingerprint density at radius 2 is 1.10 bits per heavy atom. The lowest BCUT2D eigenvalue weighted by Gasteiger charge is -2.37. The molecule has 0 fully saturated rings. The summed E-state index contributed by atoms with van der Waals surface area (Å²) in [7, 11) is 27.9. The first-order valence-corrected chi connectivity index (χ1v) is 15.4. The number of rotatable bonds is 14. The minimum absolute atomic E-state index is 0.0448. The second-order valence-corrected chi connectivity index (χ2v) is 12.0. The number of carbonyl (C=O) groups is 3. The van der Waals surface area contributed by atoms with Crippen molar-refractivity contribution in [2.75, 3.05) is 5.75 Å². The van der Waals surface area contributed by atoms with Crippen molar-refractivity contribution in [1.29, 1.82) is 0 Å². The van der Waals surface area contributed by atoms with Gasteiger partial charge >= 0.3 is 35.9 Å². The van der Waals surface area contributed by atoms with Gasteiger partial charge in [-0.15, -0.1) is 0 Å². The molecule has 1 N–H and O–H groups in total. The van der Waals surface area contributed by atoms with Crippen LogP contribution in [0.25, 0.3) is 0 Å². The van der Waals surface area contributed by atoms with Crippen LogP contribution in [0.15, 0.2) is 24.3 Å². The van der Waals surface area contributed by atoms with Crippen molar-refractivity contribution in [2.24, 2.45) is 5.41 Å². The lowest BCUT2D eigenvalue weighted by atomic mass is 9.83. The zero-order chi connectivity index (χ0) is 37.8. The Hall–Kier alpha value is -3.27.